The molecule has 0 aliphatic rings. The largest absolute Gasteiger partial charge is 0.295 e. The van der Waals surface area contributed by atoms with Gasteiger partial charge in [-0.05, 0) is 24.0 Å². The van der Waals surface area contributed by atoms with Gasteiger partial charge in [-0.25, -0.2) is 0 Å². The third-order valence-electron chi connectivity index (χ3n) is 2.18. The van der Waals surface area contributed by atoms with Crippen molar-refractivity contribution in [1.29, 1.82) is 0 Å². The van der Waals surface area contributed by atoms with Crippen LogP contribution in [0.4, 0.5) is 0 Å². The second-order valence-electron chi connectivity index (χ2n) is 4.50. The number of hydrogen-bond acceptors (Lipinski definition) is 1. The molecule has 14 heavy (non-hydrogen) atoms. The predicted octanol–water partition coefficient (Wildman–Crippen LogP) is 3.95. The van der Waals surface area contributed by atoms with Crippen LogP contribution in [0.3, 0.4) is 0 Å². The number of carbonyl (C=O) groups is 1. The third kappa shape index (κ3) is 2.44. The fourth-order valence-corrected chi connectivity index (χ4v) is 2.32. The lowest BCUT2D eigenvalue weighted by atomic mass is 9.86. The molecule has 0 heterocycles. The van der Waals surface area contributed by atoms with Crippen molar-refractivity contribution in [3.05, 3.63) is 33.8 Å². The molecule has 0 bridgehead atoms. The van der Waals surface area contributed by atoms with Crippen molar-refractivity contribution in [3.8, 4) is 0 Å². The second-order valence-corrected chi connectivity index (χ2v) is 5.36. The second kappa shape index (κ2) is 3.85. The van der Waals surface area contributed by atoms with Gasteiger partial charge in [-0.2, -0.15) is 0 Å². The first-order valence-corrected chi connectivity index (χ1v) is 5.42. The summed E-state index contributed by atoms with van der Waals surface area (Å²) in [6.07, 6.45) is 0. The fraction of sp³-hybridized carbons (Fsp3) is 0.417. The van der Waals surface area contributed by atoms with Crippen LogP contribution in [0, 0.1) is 0 Å². The van der Waals surface area contributed by atoms with E-state index in [2.05, 4.69) is 36.7 Å². The van der Waals surface area contributed by atoms with Gasteiger partial charge in [0.15, 0.2) is 5.78 Å². The highest BCUT2D eigenvalue weighted by molar-refractivity contribution is 9.10. The molecule has 1 nitrogen and oxygen atoms in total. The van der Waals surface area contributed by atoms with Gasteiger partial charge in [0.25, 0.3) is 0 Å². The Morgan fingerprint density at radius 2 is 1.86 bits per heavy atom. The maximum absolute atomic E-state index is 11.1. The summed E-state index contributed by atoms with van der Waals surface area (Å²) >= 11 is 3.50. The highest BCUT2D eigenvalue weighted by Gasteiger charge is 2.17. The number of hydrogen-bond donors (Lipinski definition) is 0. The summed E-state index contributed by atoms with van der Waals surface area (Å²) in [4.78, 5) is 11.1. The van der Waals surface area contributed by atoms with Crippen molar-refractivity contribution in [3.63, 3.8) is 0 Å². The van der Waals surface area contributed by atoms with Gasteiger partial charge >= 0.3 is 0 Å². The molecule has 1 rings (SSSR count). The highest BCUT2D eigenvalue weighted by atomic mass is 79.9. The molecule has 0 amide bonds. The quantitative estimate of drug-likeness (QED) is 0.694. The number of benzene rings is 1. The molecule has 0 fully saturated rings. The number of Topliss-reactive ketones (excluding diaryl/α,β-unsaturated/α-hetero) is 1. The van der Waals surface area contributed by atoms with Gasteiger partial charge in [-0.3, -0.25) is 4.79 Å². The smallest absolute Gasteiger partial charge is 0.159 e. The molecule has 0 unspecified atom stereocenters. The Balaban J connectivity index is 3.21. The minimum atomic E-state index is 0.103. The van der Waals surface area contributed by atoms with Gasteiger partial charge in [-0.1, -0.05) is 48.8 Å². The van der Waals surface area contributed by atoms with E-state index >= 15 is 0 Å². The van der Waals surface area contributed by atoms with Crippen LogP contribution in [0.2, 0.25) is 0 Å². The standard InChI is InChI=1S/C12H15BrO/c1-8(14)9-5-6-10(11(13)7-9)12(2,3)4/h5-7H,1-4H3. The average molecular weight is 255 g/mol. The zero-order valence-corrected chi connectivity index (χ0v) is 10.6. The molecule has 2 heteroatoms. The molecular weight excluding hydrogens is 240 g/mol. The van der Waals surface area contributed by atoms with Crippen LogP contribution >= 0.6 is 15.9 Å². The monoisotopic (exact) mass is 254 g/mol. The lowest BCUT2D eigenvalue weighted by Crippen LogP contribution is -2.12. The predicted molar refractivity (Wildman–Crippen MR) is 62.8 cm³/mol. The minimum Gasteiger partial charge on any atom is -0.295 e. The van der Waals surface area contributed by atoms with Crippen LogP contribution in [0.1, 0.15) is 43.6 Å². The number of ketones is 1. The molecule has 0 aliphatic carbocycles. The first-order chi connectivity index (χ1) is 6.32. The van der Waals surface area contributed by atoms with Crippen molar-refractivity contribution >= 4 is 21.7 Å². The first kappa shape index (κ1) is 11.4. The van der Waals surface area contributed by atoms with Crippen LogP contribution in [-0.2, 0) is 5.41 Å². The minimum absolute atomic E-state index is 0.103. The van der Waals surface area contributed by atoms with E-state index in [0.29, 0.717) is 0 Å². The van der Waals surface area contributed by atoms with Crippen molar-refractivity contribution < 1.29 is 4.79 Å². The van der Waals surface area contributed by atoms with Gasteiger partial charge in [0.1, 0.15) is 0 Å². The molecule has 0 radical (unpaired) electrons. The molecule has 0 saturated carbocycles. The van der Waals surface area contributed by atoms with Crippen molar-refractivity contribution in [2.45, 2.75) is 33.1 Å². The maximum Gasteiger partial charge on any atom is 0.159 e. The Hall–Kier alpha value is -0.630. The van der Waals surface area contributed by atoms with Crippen molar-refractivity contribution in [1.82, 2.24) is 0 Å². The fourth-order valence-electron chi connectivity index (χ4n) is 1.34. The van der Waals surface area contributed by atoms with Crippen molar-refractivity contribution in [2.75, 3.05) is 0 Å². The first-order valence-electron chi connectivity index (χ1n) is 4.63. The molecule has 1 aromatic carbocycles. The Morgan fingerprint density at radius 1 is 1.29 bits per heavy atom. The number of halogens is 1. The Morgan fingerprint density at radius 3 is 2.21 bits per heavy atom. The molecular formula is C12H15BrO. The van der Waals surface area contributed by atoms with Gasteiger partial charge in [0, 0.05) is 10.0 Å². The average Bonchev–Trinajstić information content (AvgIpc) is 2.01. The van der Waals surface area contributed by atoms with E-state index in [1.54, 1.807) is 6.92 Å². The molecule has 0 saturated heterocycles. The zero-order valence-electron chi connectivity index (χ0n) is 9.02. The van der Waals surface area contributed by atoms with Gasteiger partial charge in [0.05, 0.1) is 0 Å². The van der Waals surface area contributed by atoms with E-state index in [-0.39, 0.29) is 11.2 Å². The summed E-state index contributed by atoms with van der Waals surface area (Å²) in [6.45, 7) is 8.04. The van der Waals surface area contributed by atoms with E-state index in [1.807, 2.05) is 18.2 Å². The van der Waals surface area contributed by atoms with Gasteiger partial charge < -0.3 is 0 Å². The van der Waals surface area contributed by atoms with Crippen LogP contribution < -0.4 is 0 Å². The molecule has 76 valence electrons. The Bertz CT molecular complexity index is 361. The lowest BCUT2D eigenvalue weighted by Gasteiger charge is -2.21. The Labute approximate surface area is 93.7 Å². The topological polar surface area (TPSA) is 17.1 Å². The van der Waals surface area contributed by atoms with Crippen LogP contribution in [0.5, 0.6) is 0 Å². The van der Waals surface area contributed by atoms with Gasteiger partial charge in [-0.15, -0.1) is 0 Å². The summed E-state index contributed by atoms with van der Waals surface area (Å²) in [7, 11) is 0. The molecule has 0 N–H and O–H groups in total. The van der Waals surface area contributed by atoms with E-state index < -0.39 is 0 Å². The van der Waals surface area contributed by atoms with Crippen LogP contribution in [0.25, 0.3) is 0 Å². The van der Waals surface area contributed by atoms with Crippen LogP contribution in [-0.4, -0.2) is 5.78 Å². The molecule has 1 aromatic rings. The Kier molecular flexibility index (Phi) is 3.15. The number of rotatable bonds is 1. The lowest BCUT2D eigenvalue weighted by molar-refractivity contribution is 0.101. The van der Waals surface area contributed by atoms with Gasteiger partial charge in [0.2, 0.25) is 0 Å². The summed E-state index contributed by atoms with van der Waals surface area (Å²) < 4.78 is 1.01. The summed E-state index contributed by atoms with van der Waals surface area (Å²) in [5.41, 5.74) is 2.08. The molecule has 0 aromatic heterocycles. The summed E-state index contributed by atoms with van der Waals surface area (Å²) in [5, 5.41) is 0. The highest BCUT2D eigenvalue weighted by Crippen LogP contribution is 2.30. The maximum atomic E-state index is 11.1. The zero-order chi connectivity index (χ0) is 10.9. The SMILES string of the molecule is CC(=O)c1ccc(C(C)(C)C)c(Br)c1. The molecule has 0 spiro atoms. The molecule has 0 aliphatic heterocycles. The normalized spacial score (nSPS) is 11.5. The summed E-state index contributed by atoms with van der Waals surface area (Å²) in [6, 6.07) is 5.79. The molecule has 0 atom stereocenters. The van der Waals surface area contributed by atoms with E-state index in [4.69, 9.17) is 0 Å². The number of carbonyl (C=O) groups excluding carboxylic acids is 1. The van der Waals surface area contributed by atoms with Crippen molar-refractivity contribution in [2.24, 2.45) is 0 Å². The van der Waals surface area contributed by atoms with Crippen LogP contribution in [0.15, 0.2) is 22.7 Å². The van der Waals surface area contributed by atoms with E-state index in [0.717, 1.165) is 10.0 Å². The van der Waals surface area contributed by atoms with E-state index in [1.165, 1.54) is 5.56 Å². The third-order valence-corrected chi connectivity index (χ3v) is 2.84. The summed E-state index contributed by atoms with van der Waals surface area (Å²) in [5.74, 6) is 0.103. The van der Waals surface area contributed by atoms with E-state index in [9.17, 15) is 4.79 Å².